The first-order valence-electron chi connectivity index (χ1n) is 2.17. The van der Waals surface area contributed by atoms with E-state index in [-0.39, 0.29) is 15.1 Å². The van der Waals surface area contributed by atoms with Crippen LogP contribution >= 0.6 is 23.8 Å². The summed E-state index contributed by atoms with van der Waals surface area (Å²) in [4.78, 5) is 10.6. The molecule has 0 unspecified atom stereocenters. The Hall–Kier alpha value is -0.610. The third-order valence-corrected chi connectivity index (χ3v) is 1.62. The van der Waals surface area contributed by atoms with Crippen molar-refractivity contribution in [3.05, 3.63) is 26.1 Å². The van der Waals surface area contributed by atoms with E-state index in [0.29, 0.717) is 0 Å². The van der Waals surface area contributed by atoms with Crippen molar-refractivity contribution in [2.75, 3.05) is 0 Å². The molecule has 0 atom stereocenters. The summed E-state index contributed by atoms with van der Waals surface area (Å²) in [7, 11) is 0. The number of aromatic amines is 2. The van der Waals surface area contributed by atoms with E-state index in [4.69, 9.17) is 11.6 Å². The Kier molecular flexibility index (Phi) is 1.68. The van der Waals surface area contributed by atoms with E-state index in [1.807, 2.05) is 0 Å². The predicted octanol–water partition coefficient (Wildman–Crippen LogP) is 1.09. The summed E-state index contributed by atoms with van der Waals surface area (Å²) in [6.07, 6.45) is 1.42. The van der Waals surface area contributed by atoms with Crippen molar-refractivity contribution in [3.8, 4) is 0 Å². The SMILES string of the molecule is O=c1[nH][nH]cc(Cl)c1=S. The molecule has 2 N–H and O–H groups in total. The van der Waals surface area contributed by atoms with Gasteiger partial charge in [-0.2, -0.15) is 0 Å². The average molecular weight is 163 g/mol. The monoisotopic (exact) mass is 162 g/mol. The molecule has 3 nitrogen and oxygen atoms in total. The molecule has 5 heteroatoms. The van der Waals surface area contributed by atoms with E-state index >= 15 is 0 Å². The highest BCUT2D eigenvalue weighted by molar-refractivity contribution is 7.71. The van der Waals surface area contributed by atoms with E-state index in [1.54, 1.807) is 0 Å². The zero-order valence-electron chi connectivity index (χ0n) is 4.27. The molecular weight excluding hydrogens is 160 g/mol. The van der Waals surface area contributed by atoms with E-state index in [9.17, 15) is 4.79 Å². The van der Waals surface area contributed by atoms with Gasteiger partial charge in [0.05, 0.1) is 5.02 Å². The fraction of sp³-hybridized carbons (Fsp3) is 0. The quantitative estimate of drug-likeness (QED) is 0.561. The summed E-state index contributed by atoms with van der Waals surface area (Å²) >= 11 is 10.1. The molecule has 1 aromatic rings. The van der Waals surface area contributed by atoms with Crippen molar-refractivity contribution in [1.82, 2.24) is 10.2 Å². The van der Waals surface area contributed by atoms with Gasteiger partial charge in [-0.15, -0.1) is 0 Å². The van der Waals surface area contributed by atoms with Crippen molar-refractivity contribution < 1.29 is 0 Å². The highest BCUT2D eigenvalue weighted by atomic mass is 35.5. The number of aromatic nitrogens is 2. The second-order valence-electron chi connectivity index (χ2n) is 1.42. The van der Waals surface area contributed by atoms with Gasteiger partial charge in [-0.3, -0.25) is 9.89 Å². The predicted molar refractivity (Wildman–Crippen MR) is 37.3 cm³/mol. The van der Waals surface area contributed by atoms with Gasteiger partial charge in [-0.25, -0.2) is 0 Å². The maximum absolute atomic E-state index is 10.6. The molecule has 0 saturated heterocycles. The van der Waals surface area contributed by atoms with Gasteiger partial charge in [0.2, 0.25) is 0 Å². The van der Waals surface area contributed by atoms with Crippen LogP contribution in [0.15, 0.2) is 11.0 Å². The Labute approximate surface area is 60.7 Å². The molecule has 0 bridgehead atoms. The molecule has 1 rings (SSSR count). The Balaban J connectivity index is 3.63. The summed E-state index contributed by atoms with van der Waals surface area (Å²) in [6.45, 7) is 0. The molecule has 0 saturated carbocycles. The van der Waals surface area contributed by atoms with Crippen LogP contribution in [0.1, 0.15) is 0 Å². The van der Waals surface area contributed by atoms with E-state index in [1.165, 1.54) is 6.20 Å². The second-order valence-corrected chi connectivity index (χ2v) is 2.24. The summed E-state index contributed by atoms with van der Waals surface area (Å²) in [5.74, 6) is 0. The van der Waals surface area contributed by atoms with Crippen LogP contribution in [-0.4, -0.2) is 10.2 Å². The minimum atomic E-state index is -0.363. The molecule has 9 heavy (non-hydrogen) atoms. The van der Waals surface area contributed by atoms with Crippen LogP contribution in [0.4, 0.5) is 0 Å². The van der Waals surface area contributed by atoms with E-state index in [2.05, 4.69) is 22.4 Å². The third kappa shape index (κ3) is 1.20. The Bertz CT molecular complexity index is 315. The summed E-state index contributed by atoms with van der Waals surface area (Å²) in [6, 6.07) is 0. The fourth-order valence-electron chi connectivity index (χ4n) is 0.396. The summed E-state index contributed by atoms with van der Waals surface area (Å²) < 4.78 is 0.121. The minimum Gasteiger partial charge on any atom is -0.304 e. The van der Waals surface area contributed by atoms with Crippen LogP contribution in [0.3, 0.4) is 0 Å². The number of rotatable bonds is 0. The van der Waals surface area contributed by atoms with E-state index in [0.717, 1.165) is 0 Å². The van der Waals surface area contributed by atoms with Crippen molar-refractivity contribution in [1.29, 1.82) is 0 Å². The van der Waals surface area contributed by atoms with Gasteiger partial charge in [-0.1, -0.05) is 23.8 Å². The Morgan fingerprint density at radius 2 is 2.33 bits per heavy atom. The van der Waals surface area contributed by atoms with Gasteiger partial charge in [-0.05, 0) is 0 Å². The number of nitrogens with one attached hydrogen (secondary N) is 2. The zero-order valence-corrected chi connectivity index (χ0v) is 5.84. The van der Waals surface area contributed by atoms with Crippen molar-refractivity contribution in [3.63, 3.8) is 0 Å². The standard InChI is InChI=1S/C4H3ClN2OS/c5-2-1-6-7-4(8)3(2)9/h1H,(H,6,9)(H,7,8). The van der Waals surface area contributed by atoms with Crippen LogP contribution in [0, 0.1) is 4.51 Å². The number of hydrogen-bond acceptors (Lipinski definition) is 2. The number of hydrogen-bond donors (Lipinski definition) is 2. The Morgan fingerprint density at radius 3 is 2.78 bits per heavy atom. The highest BCUT2D eigenvalue weighted by Crippen LogP contribution is 2.01. The van der Waals surface area contributed by atoms with Crippen LogP contribution in [0.2, 0.25) is 5.02 Å². The molecule has 0 amide bonds. The van der Waals surface area contributed by atoms with Crippen LogP contribution in [0.25, 0.3) is 0 Å². The molecule has 1 heterocycles. The van der Waals surface area contributed by atoms with Gasteiger partial charge in [0.25, 0.3) is 5.56 Å². The molecule has 1 aromatic heterocycles. The van der Waals surface area contributed by atoms with Crippen LogP contribution < -0.4 is 5.56 Å². The fourth-order valence-corrected chi connectivity index (χ4v) is 0.646. The molecule has 0 aliphatic heterocycles. The van der Waals surface area contributed by atoms with Crippen molar-refractivity contribution in [2.24, 2.45) is 0 Å². The number of halogens is 1. The number of H-pyrrole nitrogens is 2. The largest absolute Gasteiger partial charge is 0.304 e. The highest BCUT2D eigenvalue weighted by Gasteiger charge is 1.91. The van der Waals surface area contributed by atoms with Gasteiger partial charge in [0.1, 0.15) is 4.51 Å². The van der Waals surface area contributed by atoms with Gasteiger partial charge < -0.3 is 5.10 Å². The van der Waals surface area contributed by atoms with Gasteiger partial charge >= 0.3 is 0 Å². The summed E-state index contributed by atoms with van der Waals surface area (Å²) in [5.41, 5.74) is -0.363. The topological polar surface area (TPSA) is 48.6 Å². The lowest BCUT2D eigenvalue weighted by atomic mass is 10.6. The molecule has 0 radical (unpaired) electrons. The maximum Gasteiger partial charge on any atom is 0.282 e. The summed E-state index contributed by atoms with van der Waals surface area (Å²) in [5, 5.41) is 4.98. The normalized spacial score (nSPS) is 9.44. The molecule has 0 aliphatic rings. The molecule has 0 spiro atoms. The first kappa shape index (κ1) is 6.51. The molecule has 0 aromatic carbocycles. The van der Waals surface area contributed by atoms with E-state index < -0.39 is 0 Å². The molecule has 48 valence electrons. The maximum atomic E-state index is 10.6. The first-order chi connectivity index (χ1) is 4.22. The lowest BCUT2D eigenvalue weighted by molar-refractivity contribution is 0.983. The van der Waals surface area contributed by atoms with Crippen LogP contribution in [-0.2, 0) is 0 Å². The second kappa shape index (κ2) is 2.33. The van der Waals surface area contributed by atoms with Gasteiger partial charge in [0.15, 0.2) is 0 Å². The smallest absolute Gasteiger partial charge is 0.282 e. The molecular formula is C4H3ClN2OS. The lowest BCUT2D eigenvalue weighted by Crippen LogP contribution is -2.06. The van der Waals surface area contributed by atoms with Crippen LogP contribution in [0.5, 0.6) is 0 Å². The molecule has 0 aliphatic carbocycles. The first-order valence-corrected chi connectivity index (χ1v) is 2.96. The van der Waals surface area contributed by atoms with Crippen molar-refractivity contribution >= 4 is 23.8 Å². The third-order valence-electron chi connectivity index (χ3n) is 0.808. The average Bonchev–Trinajstić information content (AvgIpc) is 1.83. The zero-order chi connectivity index (χ0) is 6.85. The molecule has 0 fully saturated rings. The van der Waals surface area contributed by atoms with Gasteiger partial charge in [0, 0.05) is 6.20 Å². The van der Waals surface area contributed by atoms with Crippen molar-refractivity contribution in [2.45, 2.75) is 0 Å². The Morgan fingerprint density at radius 1 is 1.67 bits per heavy atom. The lowest BCUT2D eigenvalue weighted by Gasteiger charge is -1.85. The minimum absolute atomic E-state index is 0.121.